The van der Waals surface area contributed by atoms with Gasteiger partial charge in [-0.25, -0.2) is 13.4 Å². The molecule has 4 rings (SSSR count). The number of carbonyl (C=O) groups is 1. The topological polar surface area (TPSA) is 79.4 Å². The van der Waals surface area contributed by atoms with Crippen LogP contribution in [-0.4, -0.2) is 30.2 Å². The molecule has 0 unspecified atom stereocenters. The molecule has 3 aromatic carbocycles. The number of thiazole rings is 1. The molecule has 192 valence electrons. The minimum absolute atomic E-state index is 0.0256. The first-order chi connectivity index (χ1) is 17.5. The number of nitrogens with one attached hydrogen (secondary N) is 1. The minimum atomic E-state index is -3.99. The van der Waals surface area contributed by atoms with Crippen molar-refractivity contribution >= 4 is 44.6 Å². The summed E-state index contributed by atoms with van der Waals surface area (Å²) in [6, 6.07) is 18.0. The molecule has 0 aliphatic rings. The molecule has 4 aromatic rings. The number of benzene rings is 3. The summed E-state index contributed by atoms with van der Waals surface area (Å²) >= 11 is 7.58. The Morgan fingerprint density at radius 3 is 2.30 bits per heavy atom. The summed E-state index contributed by atoms with van der Waals surface area (Å²) < 4.78 is 29.0. The summed E-state index contributed by atoms with van der Waals surface area (Å²) in [5.41, 5.74) is 5.26. The third kappa shape index (κ3) is 6.45. The van der Waals surface area contributed by atoms with Crippen molar-refractivity contribution in [3.05, 3.63) is 98.3 Å². The number of hydrogen-bond acceptors (Lipinski definition) is 5. The number of amides is 1. The van der Waals surface area contributed by atoms with Gasteiger partial charge in [-0.2, -0.15) is 4.31 Å². The zero-order valence-electron chi connectivity index (χ0n) is 21.1. The number of rotatable bonds is 8. The lowest BCUT2D eigenvalue weighted by Gasteiger charge is -2.24. The fourth-order valence-corrected chi connectivity index (χ4v) is 6.88. The number of anilines is 1. The SMILES string of the molecule is Cc1cc(C)c(S(=O)(=O)N(CC(=O)Nc2cccc(-c3csc(C)n3)c2)Cc2ccc(Cl)cc2)c(C)c1. The molecule has 6 nitrogen and oxygen atoms in total. The summed E-state index contributed by atoms with van der Waals surface area (Å²) in [5.74, 6) is -0.438. The molecule has 1 amide bonds. The average Bonchev–Trinajstić information content (AvgIpc) is 3.25. The largest absolute Gasteiger partial charge is 0.325 e. The molecule has 0 saturated carbocycles. The van der Waals surface area contributed by atoms with Crippen LogP contribution in [0.3, 0.4) is 0 Å². The highest BCUT2D eigenvalue weighted by Gasteiger charge is 2.30. The van der Waals surface area contributed by atoms with Crippen molar-refractivity contribution in [1.29, 1.82) is 0 Å². The van der Waals surface area contributed by atoms with Crippen LogP contribution in [0.4, 0.5) is 5.69 Å². The first-order valence-corrected chi connectivity index (χ1v) is 14.4. The molecule has 9 heteroatoms. The van der Waals surface area contributed by atoms with Gasteiger partial charge in [0, 0.05) is 28.2 Å². The maximum atomic E-state index is 13.9. The Hall–Kier alpha value is -3.04. The second-order valence-corrected chi connectivity index (χ2v) is 12.4. The predicted molar refractivity (Wildman–Crippen MR) is 151 cm³/mol. The molecule has 0 bridgehead atoms. The van der Waals surface area contributed by atoms with Gasteiger partial charge in [-0.15, -0.1) is 11.3 Å². The summed E-state index contributed by atoms with van der Waals surface area (Å²) in [6.07, 6.45) is 0. The monoisotopic (exact) mass is 553 g/mol. The smallest absolute Gasteiger partial charge is 0.244 e. The van der Waals surface area contributed by atoms with Gasteiger partial charge < -0.3 is 5.32 Å². The van der Waals surface area contributed by atoms with E-state index < -0.39 is 15.9 Å². The van der Waals surface area contributed by atoms with E-state index in [-0.39, 0.29) is 18.0 Å². The number of carbonyl (C=O) groups excluding carboxylic acids is 1. The highest BCUT2D eigenvalue weighted by molar-refractivity contribution is 7.89. The molecule has 37 heavy (non-hydrogen) atoms. The van der Waals surface area contributed by atoms with Crippen LogP contribution in [-0.2, 0) is 21.4 Å². The number of aromatic nitrogens is 1. The van der Waals surface area contributed by atoms with Crippen LogP contribution in [0.1, 0.15) is 27.3 Å². The van der Waals surface area contributed by atoms with Crippen LogP contribution < -0.4 is 5.32 Å². The third-order valence-corrected chi connectivity index (χ3v) is 8.98. The van der Waals surface area contributed by atoms with E-state index in [1.165, 1.54) is 4.31 Å². The second kappa shape index (κ2) is 11.1. The zero-order valence-corrected chi connectivity index (χ0v) is 23.5. The maximum Gasteiger partial charge on any atom is 0.244 e. The lowest BCUT2D eigenvalue weighted by molar-refractivity contribution is -0.116. The molecule has 0 spiro atoms. The summed E-state index contributed by atoms with van der Waals surface area (Å²) in [5, 5.41) is 6.32. The van der Waals surface area contributed by atoms with Crippen molar-refractivity contribution in [1.82, 2.24) is 9.29 Å². The van der Waals surface area contributed by atoms with E-state index in [1.807, 2.05) is 49.6 Å². The van der Waals surface area contributed by atoms with Gasteiger partial charge in [-0.05, 0) is 68.7 Å². The van der Waals surface area contributed by atoms with Crippen LogP contribution in [0.5, 0.6) is 0 Å². The van der Waals surface area contributed by atoms with Gasteiger partial charge in [0.25, 0.3) is 0 Å². The van der Waals surface area contributed by atoms with E-state index in [0.717, 1.165) is 27.4 Å². The molecule has 0 saturated heterocycles. The van der Waals surface area contributed by atoms with E-state index in [9.17, 15) is 13.2 Å². The number of nitrogens with zero attached hydrogens (tertiary/aromatic N) is 2. The van der Waals surface area contributed by atoms with Crippen LogP contribution >= 0.6 is 22.9 Å². The molecule has 0 radical (unpaired) electrons. The van der Waals surface area contributed by atoms with Crippen LogP contribution in [0, 0.1) is 27.7 Å². The van der Waals surface area contributed by atoms with Gasteiger partial charge in [-0.3, -0.25) is 4.79 Å². The fourth-order valence-electron chi connectivity index (χ4n) is 4.34. The number of aryl methyl sites for hydroxylation is 4. The Labute approximate surface area is 227 Å². The molecule has 1 heterocycles. The van der Waals surface area contributed by atoms with E-state index in [0.29, 0.717) is 21.8 Å². The van der Waals surface area contributed by atoms with Gasteiger partial charge in [0.15, 0.2) is 0 Å². The Morgan fingerprint density at radius 2 is 1.68 bits per heavy atom. The van der Waals surface area contributed by atoms with Crippen LogP contribution in [0.25, 0.3) is 11.3 Å². The first-order valence-electron chi connectivity index (χ1n) is 11.7. The average molecular weight is 554 g/mol. The zero-order chi connectivity index (χ0) is 26.7. The van der Waals surface area contributed by atoms with E-state index in [1.54, 1.807) is 55.5 Å². The van der Waals surface area contributed by atoms with Gasteiger partial charge in [0.2, 0.25) is 15.9 Å². The summed E-state index contributed by atoms with van der Waals surface area (Å²) in [4.78, 5) is 17.9. The molecule has 0 aliphatic carbocycles. The van der Waals surface area contributed by atoms with E-state index in [4.69, 9.17) is 11.6 Å². The lowest BCUT2D eigenvalue weighted by Crippen LogP contribution is -2.38. The van der Waals surface area contributed by atoms with Gasteiger partial charge >= 0.3 is 0 Å². The van der Waals surface area contributed by atoms with Crippen molar-refractivity contribution in [2.75, 3.05) is 11.9 Å². The maximum absolute atomic E-state index is 13.9. The Morgan fingerprint density at radius 1 is 1.00 bits per heavy atom. The van der Waals surface area contributed by atoms with Crippen molar-refractivity contribution in [3.8, 4) is 11.3 Å². The highest BCUT2D eigenvalue weighted by Crippen LogP contribution is 2.28. The molecular formula is C28H28ClN3O3S2. The quantitative estimate of drug-likeness (QED) is 0.269. The lowest BCUT2D eigenvalue weighted by atomic mass is 10.1. The van der Waals surface area contributed by atoms with Crippen molar-refractivity contribution in [3.63, 3.8) is 0 Å². The first kappa shape index (κ1) is 27.0. The molecule has 0 atom stereocenters. The molecular weight excluding hydrogens is 526 g/mol. The minimum Gasteiger partial charge on any atom is -0.325 e. The van der Waals surface area contributed by atoms with Gasteiger partial charge in [-0.1, -0.05) is 53.6 Å². The standard InChI is InChI=1S/C28H28ClN3O3S2/c1-18-12-19(2)28(20(3)13-18)37(34,35)32(15-22-8-10-24(29)11-9-22)16-27(33)31-25-7-5-6-23(14-25)26-17-36-21(4)30-26/h5-14,17H,15-16H2,1-4H3,(H,31,33). The highest BCUT2D eigenvalue weighted by atomic mass is 35.5. The molecule has 1 aromatic heterocycles. The Balaban J connectivity index is 1.63. The van der Waals surface area contributed by atoms with E-state index >= 15 is 0 Å². The normalized spacial score (nSPS) is 11.6. The fraction of sp³-hybridized carbons (Fsp3) is 0.214. The third-order valence-electron chi connectivity index (χ3n) is 5.86. The van der Waals surface area contributed by atoms with Gasteiger partial charge in [0.05, 0.1) is 22.1 Å². The van der Waals surface area contributed by atoms with Gasteiger partial charge in [0.1, 0.15) is 0 Å². The van der Waals surface area contributed by atoms with Crippen LogP contribution in [0.15, 0.2) is 70.9 Å². The van der Waals surface area contributed by atoms with Crippen molar-refractivity contribution < 1.29 is 13.2 Å². The number of sulfonamides is 1. The Bertz CT molecular complexity index is 1520. The molecule has 1 N–H and O–H groups in total. The number of halogens is 1. The van der Waals surface area contributed by atoms with Crippen molar-refractivity contribution in [2.24, 2.45) is 0 Å². The Kier molecular flexibility index (Phi) is 8.14. The summed E-state index contributed by atoms with van der Waals surface area (Å²) in [6.45, 7) is 7.09. The number of hydrogen-bond donors (Lipinski definition) is 1. The molecule has 0 aliphatic heterocycles. The summed E-state index contributed by atoms with van der Waals surface area (Å²) in [7, 11) is -3.99. The van der Waals surface area contributed by atoms with Crippen molar-refractivity contribution in [2.45, 2.75) is 39.1 Å². The van der Waals surface area contributed by atoms with E-state index in [2.05, 4.69) is 10.3 Å². The predicted octanol–water partition coefficient (Wildman–Crippen LogP) is 6.53. The second-order valence-electron chi connectivity index (χ2n) is 9.01. The van der Waals surface area contributed by atoms with Crippen LogP contribution in [0.2, 0.25) is 5.02 Å². The molecule has 0 fully saturated rings.